The second-order valence-corrected chi connectivity index (χ2v) is 4.10. The fourth-order valence-electron chi connectivity index (χ4n) is 1.46. The molecule has 90 valence electrons. The van der Waals surface area contributed by atoms with Crippen LogP contribution in [0.15, 0.2) is 17.1 Å². The number of rotatable bonds is 6. The number of nitrogens with one attached hydrogen (secondary N) is 3. The molecule has 16 heavy (non-hydrogen) atoms. The molecule has 1 rings (SSSR count). The van der Waals surface area contributed by atoms with Gasteiger partial charge in [0.1, 0.15) is 0 Å². The predicted molar refractivity (Wildman–Crippen MR) is 66.6 cm³/mol. The zero-order valence-corrected chi connectivity index (χ0v) is 10.3. The highest BCUT2D eigenvalue weighted by atomic mass is 16.1. The molecule has 4 heteroatoms. The lowest BCUT2D eigenvalue weighted by molar-refractivity contribution is 0.507. The molecule has 0 spiro atoms. The van der Waals surface area contributed by atoms with E-state index in [1.54, 1.807) is 12.3 Å². The fourth-order valence-corrected chi connectivity index (χ4v) is 1.46. The van der Waals surface area contributed by atoms with E-state index < -0.39 is 0 Å². The van der Waals surface area contributed by atoms with E-state index in [1.165, 1.54) is 0 Å². The fraction of sp³-hybridized carbons (Fsp3) is 0.583. The average Bonchev–Trinajstić information content (AvgIpc) is 2.25. The molecule has 0 saturated carbocycles. The van der Waals surface area contributed by atoms with Crippen molar-refractivity contribution in [2.75, 3.05) is 13.1 Å². The summed E-state index contributed by atoms with van der Waals surface area (Å²) in [5, 5.41) is 6.57. The topological polar surface area (TPSA) is 56.9 Å². The van der Waals surface area contributed by atoms with Crippen LogP contribution in [0.3, 0.4) is 0 Å². The Balaban J connectivity index is 2.45. The number of H-pyrrole nitrogens is 1. The molecule has 1 aromatic rings. The SMILES string of the molecule is CCNCC(C)NCc1c[nH]c(C)cc1=O. The van der Waals surface area contributed by atoms with Crippen LogP contribution in [0.4, 0.5) is 0 Å². The molecule has 0 amide bonds. The molecule has 1 heterocycles. The van der Waals surface area contributed by atoms with Gasteiger partial charge in [0.25, 0.3) is 0 Å². The maximum Gasteiger partial charge on any atom is 0.186 e. The number of hydrogen-bond acceptors (Lipinski definition) is 3. The molecule has 1 atom stereocenters. The minimum absolute atomic E-state index is 0.0967. The Labute approximate surface area is 96.5 Å². The lowest BCUT2D eigenvalue weighted by Crippen LogP contribution is -2.36. The first-order valence-corrected chi connectivity index (χ1v) is 5.75. The van der Waals surface area contributed by atoms with Crippen molar-refractivity contribution in [3.05, 3.63) is 33.7 Å². The molecule has 0 fully saturated rings. The summed E-state index contributed by atoms with van der Waals surface area (Å²) in [6.45, 7) is 8.56. The molecular formula is C12H21N3O. The third-order valence-electron chi connectivity index (χ3n) is 2.48. The van der Waals surface area contributed by atoms with Crippen molar-refractivity contribution >= 4 is 0 Å². The highest BCUT2D eigenvalue weighted by Crippen LogP contribution is 1.92. The summed E-state index contributed by atoms with van der Waals surface area (Å²) < 4.78 is 0. The Morgan fingerprint density at radius 2 is 2.25 bits per heavy atom. The van der Waals surface area contributed by atoms with E-state index in [4.69, 9.17) is 0 Å². The van der Waals surface area contributed by atoms with Gasteiger partial charge in [0, 0.05) is 42.7 Å². The van der Waals surface area contributed by atoms with Gasteiger partial charge in [-0.3, -0.25) is 4.79 Å². The van der Waals surface area contributed by atoms with E-state index in [-0.39, 0.29) is 5.43 Å². The van der Waals surface area contributed by atoms with Crippen LogP contribution in [-0.4, -0.2) is 24.1 Å². The molecule has 3 N–H and O–H groups in total. The van der Waals surface area contributed by atoms with Gasteiger partial charge in [0.2, 0.25) is 0 Å². The Hall–Kier alpha value is -1.13. The van der Waals surface area contributed by atoms with Crippen LogP contribution in [0.25, 0.3) is 0 Å². The molecular weight excluding hydrogens is 202 g/mol. The first kappa shape index (κ1) is 12.9. The van der Waals surface area contributed by atoms with Crippen LogP contribution in [0.5, 0.6) is 0 Å². The Bertz CT molecular complexity index is 373. The van der Waals surface area contributed by atoms with Crippen LogP contribution in [0.1, 0.15) is 25.1 Å². The second kappa shape index (κ2) is 6.45. The van der Waals surface area contributed by atoms with Gasteiger partial charge < -0.3 is 15.6 Å². The number of aromatic nitrogens is 1. The lowest BCUT2D eigenvalue weighted by atomic mass is 10.2. The van der Waals surface area contributed by atoms with E-state index >= 15 is 0 Å². The quantitative estimate of drug-likeness (QED) is 0.667. The van der Waals surface area contributed by atoms with Gasteiger partial charge in [-0.15, -0.1) is 0 Å². The van der Waals surface area contributed by atoms with Crippen LogP contribution in [0.2, 0.25) is 0 Å². The number of aromatic amines is 1. The van der Waals surface area contributed by atoms with Gasteiger partial charge in [-0.1, -0.05) is 6.92 Å². The van der Waals surface area contributed by atoms with Crippen molar-refractivity contribution in [2.24, 2.45) is 0 Å². The third kappa shape index (κ3) is 4.16. The average molecular weight is 223 g/mol. The zero-order valence-electron chi connectivity index (χ0n) is 10.3. The molecule has 0 bridgehead atoms. The van der Waals surface area contributed by atoms with Crippen LogP contribution in [-0.2, 0) is 6.54 Å². The van der Waals surface area contributed by atoms with Gasteiger partial charge in [0.15, 0.2) is 5.43 Å². The lowest BCUT2D eigenvalue weighted by Gasteiger charge is -2.13. The monoisotopic (exact) mass is 223 g/mol. The van der Waals surface area contributed by atoms with E-state index in [9.17, 15) is 4.79 Å². The Morgan fingerprint density at radius 1 is 1.50 bits per heavy atom. The highest BCUT2D eigenvalue weighted by molar-refractivity contribution is 5.13. The normalized spacial score (nSPS) is 12.7. The third-order valence-corrected chi connectivity index (χ3v) is 2.48. The van der Waals surface area contributed by atoms with Gasteiger partial charge in [-0.2, -0.15) is 0 Å². The first-order valence-electron chi connectivity index (χ1n) is 5.75. The molecule has 0 aliphatic heterocycles. The van der Waals surface area contributed by atoms with Gasteiger partial charge in [-0.05, 0) is 20.4 Å². The summed E-state index contributed by atoms with van der Waals surface area (Å²) in [6.07, 6.45) is 1.78. The van der Waals surface area contributed by atoms with Crippen molar-refractivity contribution < 1.29 is 0 Å². The summed E-state index contributed by atoms with van der Waals surface area (Å²) in [4.78, 5) is 14.6. The maximum atomic E-state index is 11.6. The second-order valence-electron chi connectivity index (χ2n) is 4.10. The minimum atomic E-state index is 0.0967. The molecule has 0 aliphatic carbocycles. The van der Waals surface area contributed by atoms with Crippen molar-refractivity contribution in [3.8, 4) is 0 Å². The summed E-state index contributed by atoms with van der Waals surface area (Å²) in [7, 11) is 0. The van der Waals surface area contributed by atoms with Crippen molar-refractivity contribution in [1.82, 2.24) is 15.6 Å². The van der Waals surface area contributed by atoms with Crippen molar-refractivity contribution in [1.29, 1.82) is 0 Å². The largest absolute Gasteiger partial charge is 0.365 e. The molecule has 0 aromatic carbocycles. The predicted octanol–water partition coefficient (Wildman–Crippen LogP) is 0.771. The van der Waals surface area contributed by atoms with Gasteiger partial charge >= 0.3 is 0 Å². The number of likely N-dealkylation sites (N-methyl/N-ethyl adjacent to an activating group) is 1. The molecule has 1 unspecified atom stereocenters. The van der Waals surface area contributed by atoms with Crippen molar-refractivity contribution in [3.63, 3.8) is 0 Å². The number of aryl methyl sites for hydroxylation is 1. The summed E-state index contributed by atoms with van der Waals surface area (Å²) in [5.41, 5.74) is 1.78. The molecule has 0 aliphatic rings. The van der Waals surface area contributed by atoms with Crippen LogP contribution < -0.4 is 16.1 Å². The van der Waals surface area contributed by atoms with E-state index in [2.05, 4.69) is 29.5 Å². The summed E-state index contributed by atoms with van der Waals surface area (Å²) >= 11 is 0. The van der Waals surface area contributed by atoms with Gasteiger partial charge in [0.05, 0.1) is 0 Å². The molecule has 1 aromatic heterocycles. The van der Waals surface area contributed by atoms with Crippen LogP contribution in [0, 0.1) is 6.92 Å². The standard InChI is InChI=1S/C12H21N3O/c1-4-13-6-10(3)15-8-11-7-14-9(2)5-12(11)16/h5,7,10,13,15H,4,6,8H2,1-3H3,(H,14,16). The van der Waals surface area contributed by atoms with E-state index in [0.29, 0.717) is 12.6 Å². The minimum Gasteiger partial charge on any atom is -0.365 e. The van der Waals surface area contributed by atoms with Crippen LogP contribution >= 0.6 is 0 Å². The summed E-state index contributed by atoms with van der Waals surface area (Å²) in [6, 6.07) is 1.99. The van der Waals surface area contributed by atoms with Gasteiger partial charge in [-0.25, -0.2) is 0 Å². The van der Waals surface area contributed by atoms with E-state index in [1.807, 2.05) is 6.92 Å². The Kier molecular flexibility index (Phi) is 5.22. The smallest absolute Gasteiger partial charge is 0.186 e. The van der Waals surface area contributed by atoms with Crippen molar-refractivity contribution in [2.45, 2.75) is 33.4 Å². The van der Waals surface area contributed by atoms with E-state index in [0.717, 1.165) is 24.3 Å². The molecule has 0 saturated heterocycles. The summed E-state index contributed by atoms with van der Waals surface area (Å²) in [5.74, 6) is 0. The highest BCUT2D eigenvalue weighted by Gasteiger charge is 2.03. The molecule has 0 radical (unpaired) electrons. The maximum absolute atomic E-state index is 11.6. The molecule has 4 nitrogen and oxygen atoms in total. The first-order chi connectivity index (χ1) is 7.63. The number of pyridine rings is 1. The number of hydrogen-bond donors (Lipinski definition) is 3. The zero-order chi connectivity index (χ0) is 12.0. The Morgan fingerprint density at radius 3 is 2.88 bits per heavy atom.